The Hall–Kier alpha value is -1.41. The first-order valence-electron chi connectivity index (χ1n) is 5.84. The van der Waals surface area contributed by atoms with Gasteiger partial charge in [0.15, 0.2) is 5.78 Å². The molecule has 1 heterocycles. The van der Waals surface area contributed by atoms with Gasteiger partial charge in [0, 0.05) is 4.88 Å². The van der Waals surface area contributed by atoms with Crippen LogP contribution >= 0.6 is 11.3 Å². The Balaban J connectivity index is 0.000000686. The fourth-order valence-corrected chi connectivity index (χ4v) is 2.38. The van der Waals surface area contributed by atoms with Crippen LogP contribution in [-0.4, -0.2) is 5.78 Å². The summed E-state index contributed by atoms with van der Waals surface area (Å²) in [6.45, 7) is 7.68. The van der Waals surface area contributed by atoms with Crippen molar-refractivity contribution in [2.24, 2.45) is 0 Å². The minimum absolute atomic E-state index is 0.138. The van der Waals surface area contributed by atoms with Gasteiger partial charge in [-0.1, -0.05) is 43.7 Å². The van der Waals surface area contributed by atoms with Gasteiger partial charge in [0.25, 0.3) is 0 Å². The third kappa shape index (κ3) is 3.53. The number of aryl methyl sites for hydroxylation is 1. The number of ketones is 1. The van der Waals surface area contributed by atoms with Crippen molar-refractivity contribution in [1.29, 1.82) is 0 Å². The van der Waals surface area contributed by atoms with Gasteiger partial charge in [0.1, 0.15) is 0 Å². The van der Waals surface area contributed by atoms with Gasteiger partial charge in [-0.05, 0) is 31.5 Å². The Labute approximate surface area is 107 Å². The van der Waals surface area contributed by atoms with Crippen molar-refractivity contribution < 1.29 is 4.79 Å². The van der Waals surface area contributed by atoms with Gasteiger partial charge in [-0.2, -0.15) is 0 Å². The van der Waals surface area contributed by atoms with Gasteiger partial charge in [-0.15, -0.1) is 11.3 Å². The van der Waals surface area contributed by atoms with Crippen LogP contribution in [0.25, 0.3) is 10.4 Å². The number of carbonyl (C=O) groups excluding carboxylic acids is 1. The maximum absolute atomic E-state index is 11.2. The van der Waals surface area contributed by atoms with Crippen LogP contribution < -0.4 is 0 Å². The van der Waals surface area contributed by atoms with E-state index in [1.807, 2.05) is 32.0 Å². The molecule has 1 aromatic carbocycles. The first kappa shape index (κ1) is 13.7. The average molecular weight is 246 g/mol. The van der Waals surface area contributed by atoms with Crippen LogP contribution in [-0.2, 0) is 0 Å². The van der Waals surface area contributed by atoms with Crippen LogP contribution in [0.15, 0.2) is 36.4 Å². The van der Waals surface area contributed by atoms with E-state index in [-0.39, 0.29) is 5.78 Å². The summed E-state index contributed by atoms with van der Waals surface area (Å²) in [5, 5.41) is 0. The molecule has 1 nitrogen and oxygen atoms in total. The number of rotatable bonds is 2. The summed E-state index contributed by atoms with van der Waals surface area (Å²) in [7, 11) is 0. The zero-order chi connectivity index (χ0) is 12.8. The summed E-state index contributed by atoms with van der Waals surface area (Å²) in [5.74, 6) is 0.138. The lowest BCUT2D eigenvalue weighted by Crippen LogP contribution is -1.83. The van der Waals surface area contributed by atoms with Gasteiger partial charge in [0.05, 0.1) is 4.88 Å². The molecule has 0 spiro atoms. The lowest BCUT2D eigenvalue weighted by Gasteiger charge is -1.98. The predicted octanol–water partition coefficient (Wildman–Crippen LogP) is 4.95. The van der Waals surface area contributed by atoms with Crippen LogP contribution in [0.4, 0.5) is 0 Å². The van der Waals surface area contributed by atoms with Crippen molar-refractivity contribution in [3.05, 3.63) is 46.8 Å². The topological polar surface area (TPSA) is 17.1 Å². The van der Waals surface area contributed by atoms with E-state index in [4.69, 9.17) is 0 Å². The molecule has 0 atom stereocenters. The molecule has 0 aliphatic carbocycles. The minimum atomic E-state index is 0.138. The van der Waals surface area contributed by atoms with Gasteiger partial charge in [-0.3, -0.25) is 4.79 Å². The smallest absolute Gasteiger partial charge is 0.169 e. The Bertz CT molecular complexity index is 497. The molecule has 0 fully saturated rings. The van der Waals surface area contributed by atoms with Crippen LogP contribution in [0.3, 0.4) is 0 Å². The fourth-order valence-electron chi connectivity index (χ4n) is 1.48. The third-order valence-electron chi connectivity index (χ3n) is 2.26. The molecule has 2 aromatic rings. The maximum atomic E-state index is 11.2. The summed E-state index contributed by atoms with van der Waals surface area (Å²) >= 11 is 1.55. The zero-order valence-electron chi connectivity index (χ0n) is 10.8. The van der Waals surface area contributed by atoms with E-state index < -0.39 is 0 Å². The van der Waals surface area contributed by atoms with Crippen molar-refractivity contribution in [2.75, 3.05) is 0 Å². The second-order valence-corrected chi connectivity index (χ2v) is 4.67. The van der Waals surface area contributed by atoms with Gasteiger partial charge < -0.3 is 0 Å². The molecule has 0 aliphatic rings. The number of thiophene rings is 1. The average Bonchev–Trinajstić information content (AvgIpc) is 2.81. The zero-order valence-corrected chi connectivity index (χ0v) is 11.6. The molecule has 0 amide bonds. The Morgan fingerprint density at radius 2 is 1.82 bits per heavy atom. The van der Waals surface area contributed by atoms with Gasteiger partial charge in [0.2, 0.25) is 0 Å². The molecular weight excluding hydrogens is 228 g/mol. The molecular formula is C15H18OS. The SMILES string of the molecule is CC.CC(=O)c1ccc(-c2cccc(C)c2)s1. The summed E-state index contributed by atoms with van der Waals surface area (Å²) in [5.41, 5.74) is 2.43. The van der Waals surface area contributed by atoms with E-state index in [2.05, 4.69) is 25.1 Å². The molecule has 0 aliphatic heterocycles. The largest absolute Gasteiger partial charge is 0.294 e. The Kier molecular flexibility index (Phi) is 5.11. The number of hydrogen-bond donors (Lipinski definition) is 0. The van der Waals surface area contributed by atoms with Crippen molar-refractivity contribution in [3.8, 4) is 10.4 Å². The molecule has 0 N–H and O–H groups in total. The monoisotopic (exact) mass is 246 g/mol. The van der Waals surface area contributed by atoms with E-state index in [0.29, 0.717) is 0 Å². The predicted molar refractivity (Wildman–Crippen MR) is 75.8 cm³/mol. The molecule has 0 saturated carbocycles. The number of Topliss-reactive ketones (excluding diaryl/α,β-unsaturated/α-hetero) is 1. The summed E-state index contributed by atoms with van der Waals surface area (Å²) in [4.78, 5) is 13.1. The highest BCUT2D eigenvalue weighted by atomic mass is 32.1. The van der Waals surface area contributed by atoms with Gasteiger partial charge in [-0.25, -0.2) is 0 Å². The standard InChI is InChI=1S/C13H12OS.C2H6/c1-9-4-3-5-11(8-9)13-7-6-12(15-13)10(2)14;1-2/h3-8H,1-2H3;1-2H3. The molecule has 1 aromatic heterocycles. The molecule has 2 heteroatoms. The van der Waals surface area contributed by atoms with E-state index in [1.54, 1.807) is 18.3 Å². The second kappa shape index (κ2) is 6.36. The first-order valence-corrected chi connectivity index (χ1v) is 6.66. The van der Waals surface area contributed by atoms with E-state index in [9.17, 15) is 4.79 Å². The second-order valence-electron chi connectivity index (χ2n) is 3.59. The minimum Gasteiger partial charge on any atom is -0.294 e. The van der Waals surface area contributed by atoms with Crippen molar-refractivity contribution in [3.63, 3.8) is 0 Å². The lowest BCUT2D eigenvalue weighted by molar-refractivity contribution is 0.102. The van der Waals surface area contributed by atoms with Gasteiger partial charge >= 0.3 is 0 Å². The Morgan fingerprint density at radius 1 is 1.12 bits per heavy atom. The highest BCUT2D eigenvalue weighted by molar-refractivity contribution is 7.17. The quantitative estimate of drug-likeness (QED) is 0.685. The molecule has 0 saturated heterocycles. The molecule has 90 valence electrons. The first-order chi connectivity index (χ1) is 8.16. The fraction of sp³-hybridized carbons (Fsp3) is 0.267. The number of benzene rings is 1. The number of hydrogen-bond acceptors (Lipinski definition) is 2. The van der Waals surface area contributed by atoms with Crippen molar-refractivity contribution in [1.82, 2.24) is 0 Å². The maximum Gasteiger partial charge on any atom is 0.169 e. The van der Waals surface area contributed by atoms with Crippen LogP contribution in [0.5, 0.6) is 0 Å². The molecule has 17 heavy (non-hydrogen) atoms. The van der Waals surface area contributed by atoms with Crippen LogP contribution in [0.1, 0.15) is 36.0 Å². The summed E-state index contributed by atoms with van der Waals surface area (Å²) in [6.07, 6.45) is 0. The van der Waals surface area contributed by atoms with E-state index >= 15 is 0 Å². The highest BCUT2D eigenvalue weighted by Gasteiger charge is 2.05. The summed E-state index contributed by atoms with van der Waals surface area (Å²) < 4.78 is 0. The lowest BCUT2D eigenvalue weighted by atomic mass is 10.1. The molecule has 0 radical (unpaired) electrons. The van der Waals surface area contributed by atoms with Crippen LogP contribution in [0, 0.1) is 6.92 Å². The van der Waals surface area contributed by atoms with E-state index in [0.717, 1.165) is 9.75 Å². The molecule has 0 unspecified atom stereocenters. The normalized spacial score (nSPS) is 9.41. The Morgan fingerprint density at radius 3 is 2.35 bits per heavy atom. The van der Waals surface area contributed by atoms with Crippen LogP contribution in [0.2, 0.25) is 0 Å². The highest BCUT2D eigenvalue weighted by Crippen LogP contribution is 2.28. The third-order valence-corrected chi connectivity index (χ3v) is 3.49. The molecule has 2 rings (SSSR count). The van der Waals surface area contributed by atoms with Crippen molar-refractivity contribution in [2.45, 2.75) is 27.7 Å². The van der Waals surface area contributed by atoms with Crippen molar-refractivity contribution >= 4 is 17.1 Å². The molecule has 0 bridgehead atoms. The summed E-state index contributed by atoms with van der Waals surface area (Å²) in [6, 6.07) is 12.2. The van der Waals surface area contributed by atoms with E-state index in [1.165, 1.54) is 11.1 Å². The number of carbonyl (C=O) groups is 1.